The fraction of sp³-hybridized carbons (Fsp3) is 0.0714. The molecule has 0 aliphatic heterocycles. The zero-order valence-corrected chi connectivity index (χ0v) is 11.0. The lowest BCUT2D eigenvalue weighted by Crippen LogP contribution is -2.05. The molecule has 2 aromatic rings. The standard InChI is InChI=1S/C14H11ClFNO3/c15-9-3-1-8(2-4-9)7-20-13-6-11(16)10(14(18)19)5-12(13)17/h1-6H,7,17H2,(H,18,19). The van der Waals surface area contributed by atoms with Gasteiger partial charge < -0.3 is 15.6 Å². The molecule has 4 nitrogen and oxygen atoms in total. The van der Waals surface area contributed by atoms with E-state index in [2.05, 4.69) is 0 Å². The normalized spacial score (nSPS) is 10.3. The molecule has 0 fully saturated rings. The topological polar surface area (TPSA) is 72.6 Å². The van der Waals surface area contributed by atoms with Crippen LogP contribution >= 0.6 is 11.6 Å². The van der Waals surface area contributed by atoms with Crippen molar-refractivity contribution in [2.75, 3.05) is 5.73 Å². The molecule has 0 saturated carbocycles. The Bertz CT molecular complexity index is 644. The fourth-order valence-corrected chi connectivity index (χ4v) is 1.73. The summed E-state index contributed by atoms with van der Waals surface area (Å²) in [6.45, 7) is 0.174. The van der Waals surface area contributed by atoms with Crippen LogP contribution in [0.5, 0.6) is 5.75 Å². The largest absolute Gasteiger partial charge is 0.487 e. The van der Waals surface area contributed by atoms with Crippen LogP contribution in [-0.4, -0.2) is 11.1 Å². The molecular formula is C14H11ClFNO3. The Labute approximate surface area is 119 Å². The summed E-state index contributed by atoms with van der Waals surface area (Å²) in [6, 6.07) is 8.94. The monoisotopic (exact) mass is 295 g/mol. The average molecular weight is 296 g/mol. The van der Waals surface area contributed by atoms with Gasteiger partial charge in [0.15, 0.2) is 0 Å². The Balaban J connectivity index is 2.16. The Morgan fingerprint density at radius 1 is 1.30 bits per heavy atom. The smallest absolute Gasteiger partial charge is 0.338 e. The zero-order chi connectivity index (χ0) is 14.7. The first kappa shape index (κ1) is 14.1. The number of anilines is 1. The maximum atomic E-state index is 13.5. The second-order valence-electron chi connectivity index (χ2n) is 4.09. The lowest BCUT2D eigenvalue weighted by atomic mass is 10.1. The molecule has 0 spiro atoms. The van der Waals surface area contributed by atoms with Gasteiger partial charge in [-0.3, -0.25) is 0 Å². The van der Waals surface area contributed by atoms with Crippen LogP contribution in [0.2, 0.25) is 5.02 Å². The molecule has 0 atom stereocenters. The van der Waals surface area contributed by atoms with E-state index in [1.54, 1.807) is 24.3 Å². The molecule has 0 radical (unpaired) electrons. The van der Waals surface area contributed by atoms with E-state index < -0.39 is 17.3 Å². The first-order valence-electron chi connectivity index (χ1n) is 5.67. The molecule has 0 aliphatic rings. The molecule has 2 aromatic carbocycles. The second kappa shape index (κ2) is 5.79. The summed E-state index contributed by atoms with van der Waals surface area (Å²) >= 11 is 5.76. The van der Waals surface area contributed by atoms with Gasteiger partial charge in [0.05, 0.1) is 11.3 Å². The lowest BCUT2D eigenvalue weighted by molar-refractivity contribution is 0.0692. The quantitative estimate of drug-likeness (QED) is 0.849. The summed E-state index contributed by atoms with van der Waals surface area (Å²) in [5.41, 5.74) is 6.05. The molecule has 20 heavy (non-hydrogen) atoms. The molecule has 0 bridgehead atoms. The van der Waals surface area contributed by atoms with E-state index in [9.17, 15) is 9.18 Å². The van der Waals surface area contributed by atoms with Crippen LogP contribution in [-0.2, 0) is 6.61 Å². The molecular weight excluding hydrogens is 285 g/mol. The third-order valence-electron chi connectivity index (χ3n) is 2.64. The molecule has 2 rings (SSSR count). The number of aromatic carboxylic acids is 1. The van der Waals surface area contributed by atoms with Crippen molar-refractivity contribution in [3.05, 3.63) is 58.4 Å². The van der Waals surface area contributed by atoms with E-state index in [-0.39, 0.29) is 18.0 Å². The SMILES string of the molecule is Nc1cc(C(=O)O)c(F)cc1OCc1ccc(Cl)cc1. The maximum Gasteiger partial charge on any atom is 0.338 e. The van der Waals surface area contributed by atoms with E-state index in [1.807, 2.05) is 0 Å². The summed E-state index contributed by atoms with van der Waals surface area (Å²) in [7, 11) is 0. The number of carboxylic acid groups (broad SMARTS) is 1. The van der Waals surface area contributed by atoms with E-state index in [0.717, 1.165) is 17.7 Å². The number of nitrogens with two attached hydrogens (primary N) is 1. The van der Waals surface area contributed by atoms with Crippen molar-refractivity contribution in [3.63, 3.8) is 0 Å². The number of hydrogen-bond acceptors (Lipinski definition) is 3. The van der Waals surface area contributed by atoms with Crippen LogP contribution in [0, 0.1) is 5.82 Å². The number of carbonyl (C=O) groups is 1. The molecule has 0 amide bonds. The molecule has 0 aliphatic carbocycles. The van der Waals surface area contributed by atoms with Crippen LogP contribution in [0.25, 0.3) is 0 Å². The van der Waals surface area contributed by atoms with Gasteiger partial charge in [-0.05, 0) is 23.8 Å². The van der Waals surface area contributed by atoms with Crippen LogP contribution in [0.3, 0.4) is 0 Å². The number of hydrogen-bond donors (Lipinski definition) is 2. The van der Waals surface area contributed by atoms with E-state index in [0.29, 0.717) is 5.02 Å². The summed E-state index contributed by atoms with van der Waals surface area (Å²) in [4.78, 5) is 10.7. The Morgan fingerprint density at radius 2 is 1.95 bits per heavy atom. The third-order valence-corrected chi connectivity index (χ3v) is 2.89. The van der Waals surface area contributed by atoms with Crippen LogP contribution in [0.4, 0.5) is 10.1 Å². The van der Waals surface area contributed by atoms with Crippen LogP contribution in [0.1, 0.15) is 15.9 Å². The highest BCUT2D eigenvalue weighted by molar-refractivity contribution is 6.30. The average Bonchev–Trinajstić information content (AvgIpc) is 2.41. The number of ether oxygens (including phenoxy) is 1. The number of nitrogen functional groups attached to an aromatic ring is 1. The van der Waals surface area contributed by atoms with Gasteiger partial charge in [-0.15, -0.1) is 0 Å². The minimum atomic E-state index is -1.38. The number of halogens is 2. The summed E-state index contributed by atoms with van der Waals surface area (Å²) in [5, 5.41) is 9.37. The summed E-state index contributed by atoms with van der Waals surface area (Å²) in [5.74, 6) is -2.17. The van der Waals surface area contributed by atoms with Gasteiger partial charge >= 0.3 is 5.97 Å². The van der Waals surface area contributed by atoms with Crippen molar-refractivity contribution in [2.24, 2.45) is 0 Å². The Morgan fingerprint density at radius 3 is 2.55 bits per heavy atom. The second-order valence-corrected chi connectivity index (χ2v) is 4.53. The van der Waals surface area contributed by atoms with Gasteiger partial charge in [-0.2, -0.15) is 0 Å². The van der Waals surface area contributed by atoms with Crippen molar-refractivity contribution in [1.82, 2.24) is 0 Å². The maximum absolute atomic E-state index is 13.5. The highest BCUT2D eigenvalue weighted by atomic mass is 35.5. The van der Waals surface area contributed by atoms with Crippen LogP contribution in [0.15, 0.2) is 36.4 Å². The Hall–Kier alpha value is -2.27. The summed E-state index contributed by atoms with van der Waals surface area (Å²) in [6.07, 6.45) is 0. The summed E-state index contributed by atoms with van der Waals surface area (Å²) < 4.78 is 18.9. The van der Waals surface area contributed by atoms with Crippen molar-refractivity contribution in [3.8, 4) is 5.75 Å². The zero-order valence-electron chi connectivity index (χ0n) is 10.3. The first-order valence-corrected chi connectivity index (χ1v) is 6.04. The molecule has 6 heteroatoms. The number of carboxylic acids is 1. The predicted octanol–water partition coefficient (Wildman–Crippen LogP) is 3.34. The predicted molar refractivity (Wildman–Crippen MR) is 73.6 cm³/mol. The molecule has 0 heterocycles. The molecule has 0 aromatic heterocycles. The van der Waals surface area contributed by atoms with Gasteiger partial charge in [-0.25, -0.2) is 9.18 Å². The van der Waals surface area contributed by atoms with Crippen LogP contribution < -0.4 is 10.5 Å². The fourth-order valence-electron chi connectivity index (χ4n) is 1.60. The van der Waals surface area contributed by atoms with Crippen molar-refractivity contribution >= 4 is 23.3 Å². The van der Waals surface area contributed by atoms with Gasteiger partial charge in [0.1, 0.15) is 18.2 Å². The van der Waals surface area contributed by atoms with Gasteiger partial charge in [0, 0.05) is 11.1 Å². The molecule has 0 unspecified atom stereocenters. The molecule has 0 saturated heterocycles. The highest BCUT2D eigenvalue weighted by Gasteiger charge is 2.14. The van der Waals surface area contributed by atoms with E-state index in [1.165, 1.54) is 0 Å². The van der Waals surface area contributed by atoms with Gasteiger partial charge in [0.2, 0.25) is 0 Å². The number of rotatable bonds is 4. The Kier molecular flexibility index (Phi) is 4.10. The van der Waals surface area contributed by atoms with Gasteiger partial charge in [0.25, 0.3) is 0 Å². The highest BCUT2D eigenvalue weighted by Crippen LogP contribution is 2.26. The molecule has 104 valence electrons. The lowest BCUT2D eigenvalue weighted by Gasteiger charge is -2.10. The first-order chi connectivity index (χ1) is 9.47. The van der Waals surface area contributed by atoms with Crippen molar-refractivity contribution in [1.29, 1.82) is 0 Å². The van der Waals surface area contributed by atoms with Crippen molar-refractivity contribution < 1.29 is 19.0 Å². The van der Waals surface area contributed by atoms with Gasteiger partial charge in [-0.1, -0.05) is 23.7 Å². The van der Waals surface area contributed by atoms with Crippen molar-refractivity contribution in [2.45, 2.75) is 6.61 Å². The number of benzene rings is 2. The van der Waals surface area contributed by atoms with E-state index in [4.69, 9.17) is 27.2 Å². The minimum Gasteiger partial charge on any atom is -0.487 e. The molecule has 3 N–H and O–H groups in total. The minimum absolute atomic E-state index is 0.0674. The third kappa shape index (κ3) is 3.19. The van der Waals surface area contributed by atoms with E-state index >= 15 is 0 Å².